The zero-order chi connectivity index (χ0) is 17.7. The van der Waals surface area contributed by atoms with Crippen LogP contribution in [0.2, 0.25) is 10.0 Å². The van der Waals surface area contributed by atoms with Crippen molar-refractivity contribution in [2.45, 2.75) is 26.9 Å². The van der Waals surface area contributed by atoms with Crippen LogP contribution in [0.1, 0.15) is 34.8 Å². The van der Waals surface area contributed by atoms with E-state index in [4.69, 9.17) is 27.9 Å². The molecule has 0 heterocycles. The van der Waals surface area contributed by atoms with E-state index in [9.17, 15) is 9.59 Å². The van der Waals surface area contributed by atoms with Crippen molar-refractivity contribution in [3.8, 4) is 0 Å². The highest BCUT2D eigenvalue weighted by atomic mass is 35.5. The topological polar surface area (TPSA) is 55.4 Å². The van der Waals surface area contributed by atoms with Crippen LogP contribution in [0.15, 0.2) is 36.4 Å². The second-order valence-corrected chi connectivity index (χ2v) is 6.09. The zero-order valence-electron chi connectivity index (χ0n) is 13.4. The van der Waals surface area contributed by atoms with Crippen LogP contribution in [0, 0.1) is 6.92 Å². The smallest absolute Gasteiger partial charge is 0.338 e. The molecule has 0 aliphatic heterocycles. The molecule has 0 aliphatic carbocycles. The molecule has 0 radical (unpaired) electrons. The lowest BCUT2D eigenvalue weighted by molar-refractivity contribution is -0.115. The van der Waals surface area contributed by atoms with Crippen molar-refractivity contribution in [2.75, 3.05) is 5.32 Å². The van der Waals surface area contributed by atoms with Gasteiger partial charge in [0, 0.05) is 27.7 Å². The van der Waals surface area contributed by atoms with Crippen molar-refractivity contribution in [1.82, 2.24) is 0 Å². The Morgan fingerprint density at radius 1 is 1.12 bits per heavy atom. The first kappa shape index (κ1) is 18.3. The fourth-order valence-corrected chi connectivity index (χ4v) is 2.45. The molecule has 4 nitrogen and oxygen atoms in total. The van der Waals surface area contributed by atoms with Crippen LogP contribution in [0.5, 0.6) is 0 Å². The summed E-state index contributed by atoms with van der Waals surface area (Å²) in [7, 11) is 0. The van der Waals surface area contributed by atoms with Crippen LogP contribution in [0.3, 0.4) is 0 Å². The third-order valence-corrected chi connectivity index (χ3v) is 4.03. The quantitative estimate of drug-likeness (QED) is 0.757. The van der Waals surface area contributed by atoms with Crippen molar-refractivity contribution in [1.29, 1.82) is 0 Å². The number of esters is 1. The number of carbonyl (C=O) groups excluding carboxylic acids is 2. The fraction of sp³-hybridized carbons (Fsp3) is 0.222. The van der Waals surface area contributed by atoms with Crippen molar-refractivity contribution in [2.24, 2.45) is 0 Å². The molecule has 0 aliphatic rings. The second-order valence-electron chi connectivity index (χ2n) is 5.24. The average molecular weight is 366 g/mol. The fourth-order valence-electron chi connectivity index (χ4n) is 1.99. The van der Waals surface area contributed by atoms with Gasteiger partial charge < -0.3 is 10.1 Å². The predicted molar refractivity (Wildman–Crippen MR) is 95.7 cm³/mol. The molecule has 0 fully saturated rings. The normalized spacial score (nSPS) is 10.3. The molecule has 2 rings (SSSR count). The Kier molecular flexibility index (Phi) is 6.23. The Bertz CT molecular complexity index is 775. The number of benzene rings is 2. The summed E-state index contributed by atoms with van der Waals surface area (Å²) in [6, 6.07) is 10.0. The third kappa shape index (κ3) is 4.73. The first-order chi connectivity index (χ1) is 11.4. The van der Waals surface area contributed by atoms with E-state index in [1.807, 2.05) is 6.92 Å². The molecule has 0 spiro atoms. The van der Waals surface area contributed by atoms with E-state index in [0.717, 1.165) is 5.56 Å². The Hall–Kier alpha value is -2.04. The predicted octanol–water partition coefficient (Wildman–Crippen LogP) is 5.01. The Labute approximate surface area is 150 Å². The standard InChI is InChI=1S/C18H17Cl2NO3/c1-3-17(22)21-16-8-12(5-4-11(16)2)18(23)24-10-13-6-7-14(19)9-15(13)20/h4-9H,3,10H2,1-2H3,(H,21,22). The van der Waals surface area contributed by atoms with Crippen LogP contribution in [-0.4, -0.2) is 11.9 Å². The van der Waals surface area contributed by atoms with E-state index >= 15 is 0 Å². The highest BCUT2D eigenvalue weighted by Gasteiger charge is 2.12. The summed E-state index contributed by atoms with van der Waals surface area (Å²) in [5, 5.41) is 3.72. The van der Waals surface area contributed by atoms with Gasteiger partial charge in [0.15, 0.2) is 0 Å². The maximum atomic E-state index is 12.2. The maximum Gasteiger partial charge on any atom is 0.338 e. The van der Waals surface area contributed by atoms with Crippen LogP contribution >= 0.6 is 23.2 Å². The summed E-state index contributed by atoms with van der Waals surface area (Å²) in [6.45, 7) is 3.66. The zero-order valence-corrected chi connectivity index (χ0v) is 14.9. The summed E-state index contributed by atoms with van der Waals surface area (Å²) in [5.41, 5.74) is 2.49. The maximum absolute atomic E-state index is 12.2. The molecule has 2 aromatic carbocycles. The third-order valence-electron chi connectivity index (χ3n) is 3.44. The molecule has 1 amide bonds. The number of nitrogens with one attached hydrogen (secondary N) is 1. The van der Waals surface area contributed by atoms with Gasteiger partial charge in [-0.2, -0.15) is 0 Å². The summed E-state index contributed by atoms with van der Waals surface area (Å²) in [5.74, 6) is -0.607. The van der Waals surface area contributed by atoms with Crippen molar-refractivity contribution < 1.29 is 14.3 Å². The molecule has 0 atom stereocenters. The van der Waals surface area contributed by atoms with Crippen LogP contribution in [-0.2, 0) is 16.1 Å². The summed E-state index contributed by atoms with van der Waals surface area (Å²) in [6.07, 6.45) is 0.364. The minimum absolute atomic E-state index is 0.0410. The van der Waals surface area contributed by atoms with Gasteiger partial charge in [0.2, 0.25) is 5.91 Å². The minimum atomic E-state index is -0.493. The van der Waals surface area contributed by atoms with E-state index in [1.165, 1.54) is 0 Å². The molecule has 0 unspecified atom stereocenters. The van der Waals surface area contributed by atoms with Crippen LogP contribution in [0.4, 0.5) is 5.69 Å². The first-order valence-corrected chi connectivity index (χ1v) is 8.18. The van der Waals surface area contributed by atoms with Gasteiger partial charge in [0.05, 0.1) is 5.56 Å². The lowest BCUT2D eigenvalue weighted by Gasteiger charge is -2.11. The van der Waals surface area contributed by atoms with Gasteiger partial charge in [0.1, 0.15) is 6.61 Å². The number of amides is 1. The van der Waals surface area contributed by atoms with Gasteiger partial charge in [-0.05, 0) is 36.8 Å². The average Bonchev–Trinajstić information content (AvgIpc) is 2.55. The monoisotopic (exact) mass is 365 g/mol. The van der Waals surface area contributed by atoms with Crippen LogP contribution in [0.25, 0.3) is 0 Å². The number of rotatable bonds is 5. The van der Waals surface area contributed by atoms with E-state index in [1.54, 1.807) is 43.3 Å². The van der Waals surface area contributed by atoms with Gasteiger partial charge >= 0.3 is 5.97 Å². The minimum Gasteiger partial charge on any atom is -0.457 e. The largest absolute Gasteiger partial charge is 0.457 e. The molecule has 2 aromatic rings. The van der Waals surface area contributed by atoms with Gasteiger partial charge in [0.25, 0.3) is 0 Å². The molecule has 24 heavy (non-hydrogen) atoms. The number of ether oxygens (including phenoxy) is 1. The van der Waals surface area contributed by atoms with Crippen molar-refractivity contribution >= 4 is 40.8 Å². The number of anilines is 1. The molecule has 0 saturated heterocycles. The molecular formula is C18H17Cl2NO3. The van der Waals surface area contributed by atoms with E-state index in [2.05, 4.69) is 5.32 Å². The lowest BCUT2D eigenvalue weighted by Crippen LogP contribution is -2.12. The van der Waals surface area contributed by atoms with Gasteiger partial charge in [-0.1, -0.05) is 42.3 Å². The molecular weight excluding hydrogens is 349 g/mol. The number of halogens is 2. The molecule has 126 valence electrons. The van der Waals surface area contributed by atoms with Crippen molar-refractivity contribution in [3.05, 3.63) is 63.1 Å². The lowest BCUT2D eigenvalue weighted by atomic mass is 10.1. The second kappa shape index (κ2) is 8.18. The van der Waals surface area contributed by atoms with E-state index in [0.29, 0.717) is 33.3 Å². The Balaban J connectivity index is 2.09. The molecule has 0 saturated carbocycles. The SMILES string of the molecule is CCC(=O)Nc1cc(C(=O)OCc2ccc(Cl)cc2Cl)ccc1C. The van der Waals surface area contributed by atoms with Gasteiger partial charge in [-0.3, -0.25) is 4.79 Å². The summed E-state index contributed by atoms with van der Waals surface area (Å²) in [4.78, 5) is 23.7. The number of carbonyl (C=O) groups is 2. The Morgan fingerprint density at radius 3 is 2.54 bits per heavy atom. The van der Waals surface area contributed by atoms with Gasteiger partial charge in [-0.25, -0.2) is 4.79 Å². The van der Waals surface area contributed by atoms with E-state index < -0.39 is 5.97 Å². The molecule has 0 bridgehead atoms. The van der Waals surface area contributed by atoms with E-state index in [-0.39, 0.29) is 12.5 Å². The molecule has 1 N–H and O–H groups in total. The summed E-state index contributed by atoms with van der Waals surface area (Å²) < 4.78 is 5.28. The Morgan fingerprint density at radius 2 is 1.88 bits per heavy atom. The highest BCUT2D eigenvalue weighted by Crippen LogP contribution is 2.23. The highest BCUT2D eigenvalue weighted by molar-refractivity contribution is 6.35. The van der Waals surface area contributed by atoms with Crippen molar-refractivity contribution in [3.63, 3.8) is 0 Å². The number of aryl methyl sites for hydroxylation is 1. The van der Waals surface area contributed by atoms with Gasteiger partial charge in [-0.15, -0.1) is 0 Å². The van der Waals surface area contributed by atoms with Crippen LogP contribution < -0.4 is 5.32 Å². The summed E-state index contributed by atoms with van der Waals surface area (Å²) >= 11 is 11.9. The number of hydrogen-bond acceptors (Lipinski definition) is 3. The number of hydrogen-bond donors (Lipinski definition) is 1. The molecule has 0 aromatic heterocycles. The first-order valence-electron chi connectivity index (χ1n) is 7.42. The molecule has 6 heteroatoms.